The summed E-state index contributed by atoms with van der Waals surface area (Å²) in [6, 6.07) is 7.29. The summed E-state index contributed by atoms with van der Waals surface area (Å²) in [5.41, 5.74) is 6.80. The van der Waals surface area contributed by atoms with Gasteiger partial charge in [-0.2, -0.15) is 0 Å². The van der Waals surface area contributed by atoms with Gasteiger partial charge in [-0.05, 0) is 17.9 Å². The largest absolute Gasteiger partial charge is 0.480 e. The maximum Gasteiger partial charge on any atom is 0.326 e. The average molecular weight is 385 g/mol. The van der Waals surface area contributed by atoms with Crippen LogP contribution in [0.3, 0.4) is 0 Å². The van der Waals surface area contributed by atoms with Gasteiger partial charge in [0.2, 0.25) is 0 Å². The molecule has 0 aromatic heterocycles. The lowest BCUT2D eigenvalue weighted by atomic mass is 9.84. The quantitative estimate of drug-likeness (QED) is 0.546. The Balaban J connectivity index is 0.00000338. The van der Waals surface area contributed by atoms with Crippen LogP contribution in [0.4, 0.5) is 0 Å². The van der Waals surface area contributed by atoms with Crippen LogP contribution in [0.15, 0.2) is 30.3 Å². The van der Waals surface area contributed by atoms with E-state index in [0.29, 0.717) is 12.3 Å². The molecule has 1 aliphatic rings. The van der Waals surface area contributed by atoms with Crippen LogP contribution in [-0.4, -0.2) is 40.3 Å². The lowest BCUT2D eigenvalue weighted by Gasteiger charge is -2.27. The van der Waals surface area contributed by atoms with E-state index in [4.69, 9.17) is 5.73 Å². The Labute approximate surface area is 160 Å². The topological polar surface area (TPSA) is 113 Å². The predicted molar refractivity (Wildman–Crippen MR) is 102 cm³/mol. The number of halogens is 1. The molecule has 2 unspecified atom stereocenters. The monoisotopic (exact) mass is 384 g/mol. The minimum absolute atomic E-state index is 0. The summed E-state index contributed by atoms with van der Waals surface area (Å²) in [4.78, 5) is 23.6. The highest BCUT2D eigenvalue weighted by Gasteiger charge is 2.29. The molecule has 1 aliphatic carbocycles. The first-order valence-electron chi connectivity index (χ1n) is 8.98. The van der Waals surface area contributed by atoms with Gasteiger partial charge in [0.25, 0.3) is 5.91 Å². The zero-order chi connectivity index (χ0) is 18.2. The van der Waals surface area contributed by atoms with Gasteiger partial charge in [0.1, 0.15) is 12.1 Å². The second-order valence-electron chi connectivity index (χ2n) is 6.94. The highest BCUT2D eigenvalue weighted by atomic mass is 35.5. The van der Waals surface area contributed by atoms with Crippen molar-refractivity contribution in [3.05, 3.63) is 35.9 Å². The molecule has 26 heavy (non-hydrogen) atoms. The number of aliphatic hydroxyl groups excluding tert-OH is 1. The lowest BCUT2D eigenvalue weighted by Crippen LogP contribution is -2.52. The third kappa shape index (κ3) is 6.94. The number of aliphatic hydroxyl groups is 1. The minimum Gasteiger partial charge on any atom is -0.480 e. The van der Waals surface area contributed by atoms with Crippen molar-refractivity contribution >= 4 is 24.3 Å². The first-order valence-corrected chi connectivity index (χ1v) is 8.98. The van der Waals surface area contributed by atoms with Crippen molar-refractivity contribution < 1.29 is 19.8 Å². The molecule has 0 radical (unpaired) electrons. The highest BCUT2D eigenvalue weighted by molar-refractivity contribution is 5.86. The molecule has 1 fully saturated rings. The van der Waals surface area contributed by atoms with Gasteiger partial charge in [0.15, 0.2) is 0 Å². The molecule has 5 N–H and O–H groups in total. The molecule has 2 rings (SSSR count). The van der Waals surface area contributed by atoms with Crippen LogP contribution in [0.5, 0.6) is 0 Å². The number of nitrogens with one attached hydrogen (secondary N) is 1. The van der Waals surface area contributed by atoms with Gasteiger partial charge in [-0.3, -0.25) is 4.79 Å². The molecule has 1 amide bonds. The number of aliphatic carboxylic acids is 1. The number of amides is 1. The Morgan fingerprint density at radius 3 is 2.35 bits per heavy atom. The summed E-state index contributed by atoms with van der Waals surface area (Å²) in [7, 11) is 0. The molecule has 1 aromatic carbocycles. The van der Waals surface area contributed by atoms with Gasteiger partial charge in [0, 0.05) is 12.5 Å². The zero-order valence-corrected chi connectivity index (χ0v) is 15.7. The van der Waals surface area contributed by atoms with E-state index in [9.17, 15) is 19.8 Å². The van der Waals surface area contributed by atoms with Crippen LogP contribution < -0.4 is 11.1 Å². The molecule has 0 saturated heterocycles. The summed E-state index contributed by atoms with van der Waals surface area (Å²) in [6.45, 7) is 0. The number of rotatable bonds is 8. The van der Waals surface area contributed by atoms with Crippen LogP contribution in [0.1, 0.15) is 44.1 Å². The molecule has 3 atom stereocenters. The van der Waals surface area contributed by atoms with Crippen molar-refractivity contribution in [2.45, 2.75) is 63.1 Å². The molecule has 6 nitrogen and oxygen atoms in total. The third-order valence-corrected chi connectivity index (χ3v) is 4.90. The van der Waals surface area contributed by atoms with E-state index >= 15 is 0 Å². The Morgan fingerprint density at radius 2 is 1.77 bits per heavy atom. The van der Waals surface area contributed by atoms with Crippen LogP contribution in [-0.2, 0) is 16.0 Å². The maximum absolute atomic E-state index is 12.2. The smallest absolute Gasteiger partial charge is 0.326 e. The SMILES string of the molecule is Cl.N[C@H](CC1CCCCC1)C(O)C(=O)NC(Cc1ccccc1)C(=O)O. The molecular weight excluding hydrogens is 356 g/mol. The summed E-state index contributed by atoms with van der Waals surface area (Å²) in [5, 5.41) is 21.9. The number of carboxylic acid groups (broad SMARTS) is 1. The fraction of sp³-hybridized carbons (Fsp3) is 0.579. The number of carboxylic acids is 1. The second-order valence-corrected chi connectivity index (χ2v) is 6.94. The standard InChI is InChI=1S/C19H28N2O4.ClH/c20-15(11-13-7-3-1-4-8-13)17(22)18(23)21-16(19(24)25)12-14-9-5-2-6-10-14;/h2,5-6,9-10,13,15-17,22H,1,3-4,7-8,11-12,20H2,(H,21,23)(H,24,25);1H/t15-,16?,17?;/m1./s1. The van der Waals surface area contributed by atoms with Crippen molar-refractivity contribution in [2.75, 3.05) is 0 Å². The van der Waals surface area contributed by atoms with Crippen molar-refractivity contribution in [2.24, 2.45) is 11.7 Å². The normalized spacial score (nSPS) is 18.2. The number of hydrogen-bond acceptors (Lipinski definition) is 4. The second kappa shape index (κ2) is 11.2. The fourth-order valence-corrected chi connectivity index (χ4v) is 3.44. The van der Waals surface area contributed by atoms with Gasteiger partial charge in [0.05, 0.1) is 0 Å². The van der Waals surface area contributed by atoms with Gasteiger partial charge in [-0.25, -0.2) is 4.79 Å². The van der Waals surface area contributed by atoms with Crippen molar-refractivity contribution in [1.82, 2.24) is 5.32 Å². The third-order valence-electron chi connectivity index (χ3n) is 4.90. The summed E-state index contributed by atoms with van der Waals surface area (Å²) in [6.07, 6.45) is 5.07. The average Bonchev–Trinajstić information content (AvgIpc) is 2.62. The summed E-state index contributed by atoms with van der Waals surface area (Å²) in [5.74, 6) is -1.41. The Hall–Kier alpha value is -1.63. The molecule has 0 bridgehead atoms. The van der Waals surface area contributed by atoms with E-state index in [1.54, 1.807) is 12.1 Å². The van der Waals surface area contributed by atoms with Gasteiger partial charge in [-0.1, -0.05) is 62.4 Å². The molecule has 7 heteroatoms. The number of carbonyl (C=O) groups excluding carboxylic acids is 1. The van der Waals surface area contributed by atoms with Crippen LogP contribution >= 0.6 is 12.4 Å². The van der Waals surface area contributed by atoms with Crippen LogP contribution in [0.2, 0.25) is 0 Å². The molecule has 1 aromatic rings. The van der Waals surface area contributed by atoms with Gasteiger partial charge in [-0.15, -0.1) is 12.4 Å². The van der Waals surface area contributed by atoms with E-state index in [2.05, 4.69) is 5.32 Å². The molecule has 0 aliphatic heterocycles. The molecule has 146 valence electrons. The number of hydrogen-bond donors (Lipinski definition) is 4. The fourth-order valence-electron chi connectivity index (χ4n) is 3.44. The van der Waals surface area contributed by atoms with Crippen molar-refractivity contribution in [1.29, 1.82) is 0 Å². The Morgan fingerprint density at radius 1 is 1.15 bits per heavy atom. The van der Waals surface area contributed by atoms with Gasteiger partial charge >= 0.3 is 5.97 Å². The molecule has 0 heterocycles. The highest BCUT2D eigenvalue weighted by Crippen LogP contribution is 2.27. The van der Waals surface area contributed by atoms with Crippen molar-refractivity contribution in [3.63, 3.8) is 0 Å². The van der Waals surface area contributed by atoms with Crippen LogP contribution in [0.25, 0.3) is 0 Å². The van der Waals surface area contributed by atoms with E-state index in [1.807, 2.05) is 18.2 Å². The van der Waals surface area contributed by atoms with Gasteiger partial charge < -0.3 is 21.3 Å². The summed E-state index contributed by atoms with van der Waals surface area (Å²) >= 11 is 0. The zero-order valence-electron chi connectivity index (χ0n) is 14.8. The van der Waals surface area contributed by atoms with E-state index < -0.39 is 30.1 Å². The maximum atomic E-state index is 12.2. The number of benzene rings is 1. The Bertz CT molecular complexity index is 564. The Kier molecular flexibility index (Phi) is 9.62. The first-order chi connectivity index (χ1) is 12.0. The summed E-state index contributed by atoms with van der Waals surface area (Å²) < 4.78 is 0. The van der Waals surface area contributed by atoms with E-state index in [-0.39, 0.29) is 18.8 Å². The number of nitrogens with two attached hydrogens (primary N) is 1. The number of carbonyl (C=O) groups is 2. The van der Waals surface area contributed by atoms with Crippen molar-refractivity contribution in [3.8, 4) is 0 Å². The molecule has 0 spiro atoms. The van der Waals surface area contributed by atoms with Crippen LogP contribution in [0, 0.1) is 5.92 Å². The molecular formula is C19H29ClN2O4. The van der Waals surface area contributed by atoms with E-state index in [0.717, 1.165) is 31.2 Å². The first kappa shape index (κ1) is 22.4. The predicted octanol–water partition coefficient (Wildman–Crippen LogP) is 1.88. The van der Waals surface area contributed by atoms with E-state index in [1.165, 1.54) is 6.42 Å². The minimum atomic E-state index is -1.39. The molecule has 1 saturated carbocycles. The lowest BCUT2D eigenvalue weighted by molar-refractivity contribution is -0.143.